The van der Waals surface area contributed by atoms with Gasteiger partial charge in [0.1, 0.15) is 17.2 Å². The van der Waals surface area contributed by atoms with Gasteiger partial charge >= 0.3 is 0 Å². The molecule has 3 rings (SSSR count). The Morgan fingerprint density at radius 3 is 1.25 bits per heavy atom. The van der Waals surface area contributed by atoms with Crippen molar-refractivity contribution in [2.45, 2.75) is 133 Å². The molecule has 0 spiro atoms. The summed E-state index contributed by atoms with van der Waals surface area (Å²) >= 11 is 0. The topological polar surface area (TPSA) is 60.7 Å². The van der Waals surface area contributed by atoms with Gasteiger partial charge in [-0.25, -0.2) is 0 Å². The van der Waals surface area contributed by atoms with E-state index in [4.69, 9.17) is 10.2 Å². The molecule has 0 amide bonds. The van der Waals surface area contributed by atoms with Gasteiger partial charge in [0.15, 0.2) is 0 Å². The van der Waals surface area contributed by atoms with Crippen LogP contribution in [0, 0.1) is 41.4 Å². The van der Waals surface area contributed by atoms with E-state index < -0.39 is 0 Å². The highest BCUT2D eigenvalue weighted by molar-refractivity contribution is 5.27. The Labute approximate surface area is 296 Å². The molecule has 0 saturated carbocycles. The molecule has 4 unspecified atom stereocenters. The van der Waals surface area contributed by atoms with Gasteiger partial charge in [0, 0.05) is 0 Å². The molecule has 270 valence electrons. The van der Waals surface area contributed by atoms with Gasteiger partial charge in [0.25, 0.3) is 0 Å². The van der Waals surface area contributed by atoms with E-state index in [0.29, 0.717) is 23.2 Å². The molecule has 0 radical (unpaired) electrons. The van der Waals surface area contributed by atoms with Crippen LogP contribution in [0.1, 0.15) is 131 Å². The van der Waals surface area contributed by atoms with Gasteiger partial charge in [-0.1, -0.05) is 125 Å². The summed E-state index contributed by atoms with van der Waals surface area (Å²) in [4.78, 5) is 0. The Hall–Kier alpha value is -2.94. The maximum atomic E-state index is 9.21. The summed E-state index contributed by atoms with van der Waals surface area (Å²) < 4.78 is 0. The first-order chi connectivity index (χ1) is 22.7. The lowest BCUT2D eigenvalue weighted by Crippen LogP contribution is -2.10. The molecule has 3 nitrogen and oxygen atoms in total. The van der Waals surface area contributed by atoms with Crippen molar-refractivity contribution in [2.75, 3.05) is 0 Å². The summed E-state index contributed by atoms with van der Waals surface area (Å²) in [7, 11) is 0. The van der Waals surface area contributed by atoms with Crippen LogP contribution in [0.2, 0.25) is 0 Å². The van der Waals surface area contributed by atoms with E-state index in [1.165, 1.54) is 61.6 Å². The molecule has 0 aliphatic carbocycles. The lowest BCUT2D eigenvalue weighted by atomic mass is 9.86. The monoisotopic (exact) mass is 661 g/mol. The predicted octanol–water partition coefficient (Wildman–Crippen LogP) is 13.0. The van der Waals surface area contributed by atoms with Crippen LogP contribution in [-0.4, -0.2) is 15.3 Å². The quantitative estimate of drug-likeness (QED) is 0.126. The van der Waals surface area contributed by atoms with Crippen LogP contribution in [-0.2, 0) is 19.3 Å². The van der Waals surface area contributed by atoms with Gasteiger partial charge in [0.2, 0.25) is 0 Å². The van der Waals surface area contributed by atoms with Crippen LogP contribution < -0.4 is 0 Å². The lowest BCUT2D eigenvalue weighted by Gasteiger charge is -2.20. The number of unbranched alkanes of at least 4 members (excludes halogenated alkanes) is 1. The second-order valence-corrected chi connectivity index (χ2v) is 15.9. The molecule has 0 aliphatic rings. The first kappa shape index (κ1) is 43.1. The highest BCUT2D eigenvalue weighted by Crippen LogP contribution is 2.23. The fourth-order valence-corrected chi connectivity index (χ4v) is 6.06. The van der Waals surface area contributed by atoms with E-state index in [-0.39, 0.29) is 0 Å². The summed E-state index contributed by atoms with van der Waals surface area (Å²) in [6, 6.07) is 22.7. The van der Waals surface area contributed by atoms with Gasteiger partial charge in [0.05, 0.1) is 0 Å². The van der Waals surface area contributed by atoms with Crippen molar-refractivity contribution in [2.24, 2.45) is 41.4 Å². The smallest absolute Gasteiger partial charge is 0.115 e. The fraction of sp³-hybridized carbons (Fsp3) is 0.600. The number of phenols is 3. The van der Waals surface area contributed by atoms with Crippen molar-refractivity contribution in [3.8, 4) is 17.2 Å². The third-order valence-corrected chi connectivity index (χ3v) is 9.85. The summed E-state index contributed by atoms with van der Waals surface area (Å²) in [5, 5.41) is 27.5. The molecule has 3 heteroatoms. The zero-order valence-corrected chi connectivity index (χ0v) is 32.4. The summed E-state index contributed by atoms with van der Waals surface area (Å²) in [5.74, 6) is 6.60. The molecule has 4 atom stereocenters. The van der Waals surface area contributed by atoms with Crippen LogP contribution in [0.3, 0.4) is 0 Å². The Kier molecular flexibility index (Phi) is 21.8. The number of aromatic hydroxyl groups is 3. The molecule has 0 bridgehead atoms. The highest BCUT2D eigenvalue weighted by Gasteiger charge is 2.12. The molecule has 0 aromatic heterocycles. The lowest BCUT2D eigenvalue weighted by molar-refractivity contribution is 0.330. The summed E-state index contributed by atoms with van der Waals surface area (Å²) in [6.07, 6.45) is 12.4. The van der Waals surface area contributed by atoms with Crippen LogP contribution in [0.15, 0.2) is 72.8 Å². The van der Waals surface area contributed by atoms with Crippen LogP contribution in [0.5, 0.6) is 17.2 Å². The van der Waals surface area contributed by atoms with Crippen molar-refractivity contribution >= 4 is 0 Å². The van der Waals surface area contributed by atoms with Crippen LogP contribution in [0.4, 0.5) is 0 Å². The number of aryl methyl sites for hydroxylation is 2. The SMILES string of the molecule is CC(C)C(C)CCCCc1ccc(O)cc1.CC(C)CC(C)CCCc1ccc(O)cc1.CC(Cc1ccc(O)cc1)CC(C)C(C)C. The number of hydrogen-bond donors (Lipinski definition) is 3. The van der Waals surface area contributed by atoms with E-state index in [2.05, 4.69) is 69.2 Å². The largest absolute Gasteiger partial charge is 0.508 e. The molecule has 3 aromatic rings. The molecule has 3 aromatic carbocycles. The predicted molar refractivity (Wildman–Crippen MR) is 209 cm³/mol. The first-order valence-corrected chi connectivity index (χ1v) is 19.0. The van der Waals surface area contributed by atoms with E-state index in [1.54, 1.807) is 36.4 Å². The van der Waals surface area contributed by atoms with E-state index >= 15 is 0 Å². The average Bonchev–Trinajstić information content (AvgIpc) is 3.02. The average molecular weight is 661 g/mol. The van der Waals surface area contributed by atoms with Gasteiger partial charge in [-0.05, 0) is 139 Å². The Morgan fingerprint density at radius 2 is 0.833 bits per heavy atom. The Balaban J connectivity index is 0.000000360. The molecule has 48 heavy (non-hydrogen) atoms. The van der Waals surface area contributed by atoms with Gasteiger partial charge in [-0.3, -0.25) is 0 Å². The first-order valence-electron chi connectivity index (χ1n) is 19.0. The Morgan fingerprint density at radius 1 is 0.417 bits per heavy atom. The minimum atomic E-state index is 0.354. The molecular formula is C45H72O3. The van der Waals surface area contributed by atoms with Crippen molar-refractivity contribution in [1.29, 1.82) is 0 Å². The molecule has 3 N–H and O–H groups in total. The standard InChI is InChI=1S/3C15H24O/c1-11(2)13(4)9-12(3)10-14-5-7-15(16)8-6-14;1-12(2)11-13(3)5-4-6-14-7-9-15(16)10-8-14;1-12(2)13(3)6-4-5-7-14-8-10-15(16)11-9-14/h5-8,11-13,16H,9-10H2,1-4H3;7-10,12-13,16H,4-6,11H2,1-3H3;8-13,16H,4-7H2,1-3H3. The second kappa shape index (κ2) is 24.2. The van der Waals surface area contributed by atoms with E-state index in [1.807, 2.05) is 36.4 Å². The van der Waals surface area contributed by atoms with E-state index in [0.717, 1.165) is 54.8 Å². The minimum absolute atomic E-state index is 0.354. The zero-order valence-electron chi connectivity index (χ0n) is 32.4. The molecule has 0 fully saturated rings. The normalized spacial score (nSPS) is 13.7. The maximum absolute atomic E-state index is 9.21. The fourth-order valence-electron chi connectivity index (χ4n) is 6.06. The minimum Gasteiger partial charge on any atom is -0.508 e. The van der Waals surface area contributed by atoms with Crippen molar-refractivity contribution in [3.05, 3.63) is 89.5 Å². The maximum Gasteiger partial charge on any atom is 0.115 e. The summed E-state index contributed by atoms with van der Waals surface area (Å²) in [6.45, 7) is 23.1. The van der Waals surface area contributed by atoms with Crippen LogP contribution >= 0.6 is 0 Å². The number of hydrogen-bond acceptors (Lipinski definition) is 3. The summed E-state index contributed by atoms with van der Waals surface area (Å²) in [5.41, 5.74) is 3.98. The van der Waals surface area contributed by atoms with Crippen molar-refractivity contribution in [3.63, 3.8) is 0 Å². The number of rotatable bonds is 17. The zero-order chi connectivity index (χ0) is 36.1. The second-order valence-electron chi connectivity index (χ2n) is 15.9. The molecule has 0 heterocycles. The number of phenolic OH excluding ortho intramolecular Hbond substituents is 3. The van der Waals surface area contributed by atoms with Gasteiger partial charge < -0.3 is 15.3 Å². The third-order valence-electron chi connectivity index (χ3n) is 9.85. The van der Waals surface area contributed by atoms with Crippen LogP contribution in [0.25, 0.3) is 0 Å². The van der Waals surface area contributed by atoms with Gasteiger partial charge in [-0.2, -0.15) is 0 Å². The third kappa shape index (κ3) is 21.1. The van der Waals surface area contributed by atoms with E-state index in [9.17, 15) is 5.11 Å². The van der Waals surface area contributed by atoms with Gasteiger partial charge in [-0.15, -0.1) is 0 Å². The molecular weight excluding hydrogens is 588 g/mol. The molecule has 0 aliphatic heterocycles. The number of benzene rings is 3. The van der Waals surface area contributed by atoms with Crippen molar-refractivity contribution in [1.82, 2.24) is 0 Å². The highest BCUT2D eigenvalue weighted by atomic mass is 16.3. The molecule has 0 saturated heterocycles. The Bertz CT molecular complexity index is 1180. The van der Waals surface area contributed by atoms with Crippen molar-refractivity contribution < 1.29 is 15.3 Å².